The number of rotatable bonds is 7. The third-order valence-corrected chi connectivity index (χ3v) is 4.28. The van der Waals surface area contributed by atoms with Gasteiger partial charge in [-0.05, 0) is 55.3 Å². The molecule has 5 nitrogen and oxygen atoms in total. The van der Waals surface area contributed by atoms with Crippen LogP contribution in [0.25, 0.3) is 0 Å². The summed E-state index contributed by atoms with van der Waals surface area (Å²) < 4.78 is 11.6. The predicted molar refractivity (Wildman–Crippen MR) is 112 cm³/mol. The molecule has 0 bridgehead atoms. The number of carbonyl (C=O) groups excluding carboxylic acids is 1. The van der Waals surface area contributed by atoms with Crippen molar-refractivity contribution in [3.63, 3.8) is 0 Å². The fourth-order valence-electron chi connectivity index (χ4n) is 2.72. The Kier molecular flexibility index (Phi) is 6.49. The molecular weight excluding hydrogens is 364 g/mol. The third-order valence-electron chi connectivity index (χ3n) is 4.28. The molecule has 0 aliphatic rings. The summed E-state index contributed by atoms with van der Waals surface area (Å²) in [4.78, 5) is 12.6. The smallest absolute Gasteiger partial charge is 0.265 e. The molecule has 5 heteroatoms. The molecule has 0 fully saturated rings. The van der Waals surface area contributed by atoms with E-state index >= 15 is 0 Å². The first-order chi connectivity index (χ1) is 14.0. The van der Waals surface area contributed by atoms with Crippen molar-refractivity contribution < 1.29 is 14.3 Å². The highest BCUT2D eigenvalue weighted by Crippen LogP contribution is 2.27. The Morgan fingerprint density at radius 3 is 2.62 bits per heavy atom. The molecule has 3 aromatic rings. The first-order valence-corrected chi connectivity index (χ1v) is 9.30. The SMILES string of the molecule is Cc1ccc(NC(=O)C(C)Oc2cccc(C#N)c2)c(OCc2ccccc2)c1. The first-order valence-electron chi connectivity index (χ1n) is 9.30. The molecule has 3 aromatic carbocycles. The van der Waals surface area contributed by atoms with E-state index in [1.807, 2.05) is 55.5 Å². The largest absolute Gasteiger partial charge is 0.487 e. The van der Waals surface area contributed by atoms with E-state index in [0.29, 0.717) is 29.4 Å². The van der Waals surface area contributed by atoms with Crippen molar-refractivity contribution in [2.24, 2.45) is 0 Å². The van der Waals surface area contributed by atoms with Gasteiger partial charge >= 0.3 is 0 Å². The molecule has 1 unspecified atom stereocenters. The molecule has 0 heterocycles. The molecule has 0 aromatic heterocycles. The van der Waals surface area contributed by atoms with E-state index in [4.69, 9.17) is 14.7 Å². The number of hydrogen-bond acceptors (Lipinski definition) is 4. The van der Waals surface area contributed by atoms with Crippen LogP contribution in [0.2, 0.25) is 0 Å². The number of benzene rings is 3. The molecule has 0 spiro atoms. The van der Waals surface area contributed by atoms with Gasteiger partial charge in [-0.25, -0.2) is 0 Å². The molecule has 1 amide bonds. The van der Waals surface area contributed by atoms with Crippen LogP contribution in [0.3, 0.4) is 0 Å². The highest BCUT2D eigenvalue weighted by molar-refractivity contribution is 5.95. The van der Waals surface area contributed by atoms with Crippen molar-refractivity contribution in [3.8, 4) is 17.6 Å². The fourth-order valence-corrected chi connectivity index (χ4v) is 2.72. The number of anilines is 1. The molecule has 29 heavy (non-hydrogen) atoms. The van der Waals surface area contributed by atoms with Gasteiger partial charge in [0.15, 0.2) is 6.10 Å². The van der Waals surface area contributed by atoms with Gasteiger partial charge in [0, 0.05) is 0 Å². The lowest BCUT2D eigenvalue weighted by Gasteiger charge is -2.17. The van der Waals surface area contributed by atoms with Crippen molar-refractivity contribution in [3.05, 3.63) is 89.5 Å². The Morgan fingerprint density at radius 1 is 1.07 bits per heavy atom. The van der Waals surface area contributed by atoms with E-state index in [1.165, 1.54) is 0 Å². The zero-order chi connectivity index (χ0) is 20.6. The molecule has 0 radical (unpaired) electrons. The van der Waals surface area contributed by atoms with Crippen LogP contribution in [0.5, 0.6) is 11.5 Å². The number of ether oxygens (including phenoxy) is 2. The van der Waals surface area contributed by atoms with Crippen molar-refractivity contribution in [1.82, 2.24) is 0 Å². The Bertz CT molecular complexity index is 1030. The van der Waals surface area contributed by atoms with Gasteiger partial charge < -0.3 is 14.8 Å². The van der Waals surface area contributed by atoms with Gasteiger partial charge in [0.1, 0.15) is 18.1 Å². The van der Waals surface area contributed by atoms with E-state index in [0.717, 1.165) is 11.1 Å². The first kappa shape index (κ1) is 20.0. The Labute approximate surface area is 170 Å². The normalized spacial score (nSPS) is 11.2. The number of nitrogens with one attached hydrogen (secondary N) is 1. The van der Waals surface area contributed by atoms with Gasteiger partial charge in [0.05, 0.1) is 17.3 Å². The number of carbonyl (C=O) groups is 1. The minimum Gasteiger partial charge on any atom is -0.487 e. The molecule has 0 saturated heterocycles. The minimum absolute atomic E-state index is 0.305. The summed E-state index contributed by atoms with van der Waals surface area (Å²) in [6, 6.07) is 24.2. The van der Waals surface area contributed by atoms with Gasteiger partial charge in [-0.2, -0.15) is 5.26 Å². The van der Waals surface area contributed by atoms with E-state index in [1.54, 1.807) is 31.2 Å². The van der Waals surface area contributed by atoms with Crippen LogP contribution in [-0.4, -0.2) is 12.0 Å². The van der Waals surface area contributed by atoms with Gasteiger partial charge in [-0.15, -0.1) is 0 Å². The van der Waals surface area contributed by atoms with Crippen LogP contribution < -0.4 is 14.8 Å². The molecule has 0 aliphatic heterocycles. The summed E-state index contributed by atoms with van der Waals surface area (Å²) in [5.41, 5.74) is 3.13. The minimum atomic E-state index is -0.743. The predicted octanol–water partition coefficient (Wildman–Crippen LogP) is 4.85. The van der Waals surface area contributed by atoms with Crippen LogP contribution in [-0.2, 0) is 11.4 Å². The lowest BCUT2D eigenvalue weighted by atomic mass is 10.2. The lowest BCUT2D eigenvalue weighted by molar-refractivity contribution is -0.122. The maximum Gasteiger partial charge on any atom is 0.265 e. The summed E-state index contributed by atoms with van der Waals surface area (Å²) in [5.74, 6) is 0.762. The Balaban J connectivity index is 1.68. The van der Waals surface area contributed by atoms with Crippen molar-refractivity contribution >= 4 is 11.6 Å². The molecule has 0 saturated carbocycles. The highest BCUT2D eigenvalue weighted by atomic mass is 16.5. The number of amides is 1. The van der Waals surface area contributed by atoms with Crippen molar-refractivity contribution in [2.45, 2.75) is 26.6 Å². The summed E-state index contributed by atoms with van der Waals surface area (Å²) in [7, 11) is 0. The van der Waals surface area contributed by atoms with E-state index in [-0.39, 0.29) is 5.91 Å². The molecular formula is C24H22N2O3. The zero-order valence-electron chi connectivity index (χ0n) is 16.4. The van der Waals surface area contributed by atoms with E-state index in [9.17, 15) is 4.79 Å². The number of nitrogens with zero attached hydrogens (tertiary/aromatic N) is 1. The second-order valence-corrected chi connectivity index (χ2v) is 6.66. The molecule has 0 aliphatic carbocycles. The summed E-state index contributed by atoms with van der Waals surface area (Å²) in [5, 5.41) is 11.9. The quantitative estimate of drug-likeness (QED) is 0.630. The molecule has 146 valence electrons. The monoisotopic (exact) mass is 386 g/mol. The number of aryl methyl sites for hydroxylation is 1. The standard InChI is InChI=1S/C24H22N2O3/c1-17-11-12-22(23(13-17)28-16-19-7-4-3-5-8-19)26-24(27)18(2)29-21-10-6-9-20(14-21)15-25/h3-14,18H,16H2,1-2H3,(H,26,27). The van der Waals surface area contributed by atoms with Crippen LogP contribution in [0.1, 0.15) is 23.6 Å². The van der Waals surface area contributed by atoms with Gasteiger partial charge in [0.2, 0.25) is 0 Å². The number of nitriles is 1. The fraction of sp³-hybridized carbons (Fsp3) is 0.167. The number of hydrogen-bond donors (Lipinski definition) is 1. The van der Waals surface area contributed by atoms with Crippen LogP contribution in [0.4, 0.5) is 5.69 Å². The lowest BCUT2D eigenvalue weighted by Crippen LogP contribution is -2.30. The highest BCUT2D eigenvalue weighted by Gasteiger charge is 2.17. The molecule has 1 N–H and O–H groups in total. The second kappa shape index (κ2) is 9.43. The molecule has 3 rings (SSSR count). The van der Waals surface area contributed by atoms with Gasteiger partial charge in [-0.1, -0.05) is 42.5 Å². The van der Waals surface area contributed by atoms with Gasteiger partial charge in [-0.3, -0.25) is 4.79 Å². The maximum absolute atomic E-state index is 12.6. The topological polar surface area (TPSA) is 71.3 Å². The summed E-state index contributed by atoms with van der Waals surface area (Å²) in [6.07, 6.45) is -0.743. The average molecular weight is 386 g/mol. The second-order valence-electron chi connectivity index (χ2n) is 6.66. The van der Waals surface area contributed by atoms with Gasteiger partial charge in [0.25, 0.3) is 5.91 Å². The zero-order valence-corrected chi connectivity index (χ0v) is 16.4. The van der Waals surface area contributed by atoms with E-state index in [2.05, 4.69) is 11.4 Å². The summed E-state index contributed by atoms with van der Waals surface area (Å²) in [6.45, 7) is 4.03. The van der Waals surface area contributed by atoms with Crippen molar-refractivity contribution in [1.29, 1.82) is 5.26 Å². The third kappa shape index (κ3) is 5.60. The maximum atomic E-state index is 12.6. The van der Waals surface area contributed by atoms with Crippen LogP contribution in [0.15, 0.2) is 72.8 Å². The van der Waals surface area contributed by atoms with Crippen molar-refractivity contribution in [2.75, 3.05) is 5.32 Å². The van der Waals surface area contributed by atoms with Crippen LogP contribution >= 0.6 is 0 Å². The van der Waals surface area contributed by atoms with Crippen LogP contribution in [0, 0.1) is 18.3 Å². The Morgan fingerprint density at radius 2 is 1.86 bits per heavy atom. The Hall–Kier alpha value is -3.78. The van der Waals surface area contributed by atoms with E-state index < -0.39 is 6.10 Å². The molecule has 1 atom stereocenters. The summed E-state index contributed by atoms with van der Waals surface area (Å²) >= 11 is 0. The average Bonchev–Trinajstić information content (AvgIpc) is 2.74.